The van der Waals surface area contributed by atoms with E-state index in [1.807, 2.05) is 26.0 Å². The number of amides is 1. The summed E-state index contributed by atoms with van der Waals surface area (Å²) in [5, 5.41) is 3.36. The van der Waals surface area contributed by atoms with Gasteiger partial charge in [-0.15, -0.1) is 0 Å². The van der Waals surface area contributed by atoms with Crippen molar-refractivity contribution in [1.29, 1.82) is 0 Å². The van der Waals surface area contributed by atoms with Gasteiger partial charge in [0.1, 0.15) is 11.5 Å². The maximum Gasteiger partial charge on any atom is 0.262 e. The largest absolute Gasteiger partial charge is 0.491 e. The van der Waals surface area contributed by atoms with Crippen molar-refractivity contribution in [2.45, 2.75) is 20.0 Å². The van der Waals surface area contributed by atoms with E-state index in [4.69, 9.17) is 21.1 Å². The number of rotatable bonds is 6. The fraction of sp³-hybridized carbons (Fsp3) is 0.235. The first-order valence-electron chi connectivity index (χ1n) is 7.08. The van der Waals surface area contributed by atoms with Gasteiger partial charge in [-0.1, -0.05) is 17.7 Å². The summed E-state index contributed by atoms with van der Waals surface area (Å²) in [6, 6.07) is 12.4. The highest BCUT2D eigenvalue weighted by atomic mass is 79.9. The first-order chi connectivity index (χ1) is 10.9. The van der Waals surface area contributed by atoms with Crippen molar-refractivity contribution < 1.29 is 14.3 Å². The van der Waals surface area contributed by atoms with Gasteiger partial charge in [-0.3, -0.25) is 4.79 Å². The molecule has 0 radical (unpaired) electrons. The Kier molecular flexibility index (Phi) is 6.30. The number of carbonyl (C=O) groups is 1. The molecule has 0 aliphatic carbocycles. The molecule has 0 aromatic heterocycles. The average molecular weight is 399 g/mol. The Morgan fingerprint density at radius 1 is 1.26 bits per heavy atom. The third-order valence-corrected chi connectivity index (χ3v) is 3.60. The van der Waals surface area contributed by atoms with Crippen molar-refractivity contribution in [3.8, 4) is 11.5 Å². The number of anilines is 1. The lowest BCUT2D eigenvalue weighted by atomic mass is 10.3. The first kappa shape index (κ1) is 17.6. The number of hydrogen-bond acceptors (Lipinski definition) is 3. The van der Waals surface area contributed by atoms with Gasteiger partial charge >= 0.3 is 0 Å². The van der Waals surface area contributed by atoms with Crippen LogP contribution in [0.1, 0.15) is 13.8 Å². The molecular formula is C17H17BrClNO3. The Morgan fingerprint density at radius 2 is 2.04 bits per heavy atom. The predicted octanol–water partition coefficient (Wildman–Crippen LogP) is 4.91. The van der Waals surface area contributed by atoms with E-state index in [-0.39, 0.29) is 18.6 Å². The second-order valence-corrected chi connectivity index (χ2v) is 6.40. The van der Waals surface area contributed by atoms with Gasteiger partial charge in [-0.05, 0) is 60.1 Å². The van der Waals surface area contributed by atoms with Crippen LogP contribution >= 0.6 is 27.5 Å². The molecule has 1 N–H and O–H groups in total. The van der Waals surface area contributed by atoms with Crippen LogP contribution in [0.25, 0.3) is 0 Å². The summed E-state index contributed by atoms with van der Waals surface area (Å²) in [5.74, 6) is 1.01. The molecule has 0 spiro atoms. The highest BCUT2D eigenvalue weighted by Gasteiger charge is 2.07. The number of halogens is 2. The summed E-state index contributed by atoms with van der Waals surface area (Å²) >= 11 is 9.20. The van der Waals surface area contributed by atoms with E-state index < -0.39 is 0 Å². The Balaban J connectivity index is 1.92. The molecule has 2 rings (SSSR count). The van der Waals surface area contributed by atoms with Gasteiger partial charge in [0.2, 0.25) is 0 Å². The summed E-state index contributed by atoms with van der Waals surface area (Å²) < 4.78 is 11.8. The molecule has 0 saturated heterocycles. The fourth-order valence-electron chi connectivity index (χ4n) is 1.85. The van der Waals surface area contributed by atoms with Gasteiger partial charge < -0.3 is 14.8 Å². The predicted molar refractivity (Wildman–Crippen MR) is 95.5 cm³/mol. The van der Waals surface area contributed by atoms with Gasteiger partial charge in [0.15, 0.2) is 6.61 Å². The van der Waals surface area contributed by atoms with Crippen molar-refractivity contribution in [2.75, 3.05) is 11.9 Å². The van der Waals surface area contributed by atoms with Crippen molar-refractivity contribution in [2.24, 2.45) is 0 Å². The zero-order valence-electron chi connectivity index (χ0n) is 12.8. The quantitative estimate of drug-likeness (QED) is 0.752. The maximum atomic E-state index is 12.0. The van der Waals surface area contributed by atoms with Crippen LogP contribution in [0.3, 0.4) is 0 Å². The second kappa shape index (κ2) is 8.22. The van der Waals surface area contributed by atoms with E-state index in [1.165, 1.54) is 0 Å². The summed E-state index contributed by atoms with van der Waals surface area (Å²) in [5.41, 5.74) is 0.659. The average Bonchev–Trinajstić information content (AvgIpc) is 2.46. The minimum Gasteiger partial charge on any atom is -0.491 e. The monoisotopic (exact) mass is 397 g/mol. The van der Waals surface area contributed by atoms with Crippen LogP contribution in [0.2, 0.25) is 5.02 Å². The third kappa shape index (κ3) is 5.77. The van der Waals surface area contributed by atoms with Crippen LogP contribution in [0.15, 0.2) is 46.9 Å². The van der Waals surface area contributed by atoms with Crippen LogP contribution < -0.4 is 14.8 Å². The minimum atomic E-state index is -0.256. The molecular weight excluding hydrogens is 382 g/mol. The molecule has 4 nitrogen and oxygen atoms in total. The molecule has 6 heteroatoms. The van der Waals surface area contributed by atoms with E-state index in [1.54, 1.807) is 30.3 Å². The Labute approximate surface area is 148 Å². The van der Waals surface area contributed by atoms with Crippen LogP contribution in [-0.2, 0) is 4.79 Å². The lowest BCUT2D eigenvalue weighted by Gasteiger charge is -2.12. The summed E-state index contributed by atoms with van der Waals surface area (Å²) in [6.07, 6.45) is 0.0755. The Morgan fingerprint density at radius 3 is 2.74 bits per heavy atom. The molecule has 122 valence electrons. The van der Waals surface area contributed by atoms with E-state index in [0.717, 1.165) is 0 Å². The number of hydrogen-bond donors (Lipinski definition) is 1. The standard InChI is InChI=1S/C17H17BrClNO3/c1-11(2)23-14-5-3-4-13(9-14)20-17(21)10-22-16-7-6-12(19)8-15(16)18/h3-9,11H,10H2,1-2H3,(H,20,21). The highest BCUT2D eigenvalue weighted by Crippen LogP contribution is 2.28. The second-order valence-electron chi connectivity index (χ2n) is 5.11. The van der Waals surface area contributed by atoms with Gasteiger partial charge in [0.25, 0.3) is 5.91 Å². The molecule has 23 heavy (non-hydrogen) atoms. The third-order valence-electron chi connectivity index (χ3n) is 2.74. The Bertz CT molecular complexity index is 691. The SMILES string of the molecule is CC(C)Oc1cccc(NC(=O)COc2ccc(Cl)cc2Br)c1. The van der Waals surface area contributed by atoms with Crippen molar-refractivity contribution in [3.05, 3.63) is 52.0 Å². The zero-order valence-corrected chi connectivity index (χ0v) is 15.1. The smallest absolute Gasteiger partial charge is 0.262 e. The van der Waals surface area contributed by atoms with E-state index >= 15 is 0 Å². The minimum absolute atomic E-state index is 0.0755. The number of nitrogens with one attached hydrogen (secondary N) is 1. The number of carbonyl (C=O) groups excluding carboxylic acids is 1. The molecule has 0 atom stereocenters. The zero-order chi connectivity index (χ0) is 16.8. The van der Waals surface area contributed by atoms with Crippen LogP contribution in [-0.4, -0.2) is 18.6 Å². The molecule has 2 aromatic rings. The van der Waals surface area contributed by atoms with Crippen LogP contribution in [0.5, 0.6) is 11.5 Å². The van der Waals surface area contributed by atoms with Gasteiger partial charge in [0, 0.05) is 16.8 Å². The van der Waals surface area contributed by atoms with E-state index in [2.05, 4.69) is 21.2 Å². The van der Waals surface area contributed by atoms with Crippen LogP contribution in [0.4, 0.5) is 5.69 Å². The fourth-order valence-corrected chi connectivity index (χ4v) is 2.65. The van der Waals surface area contributed by atoms with E-state index in [9.17, 15) is 4.79 Å². The molecule has 1 amide bonds. The molecule has 0 aliphatic rings. The van der Waals surface area contributed by atoms with Crippen molar-refractivity contribution in [1.82, 2.24) is 0 Å². The highest BCUT2D eigenvalue weighted by molar-refractivity contribution is 9.10. The lowest BCUT2D eigenvalue weighted by Crippen LogP contribution is -2.20. The molecule has 0 unspecified atom stereocenters. The summed E-state index contributed by atoms with van der Waals surface area (Å²) in [6.45, 7) is 3.79. The lowest BCUT2D eigenvalue weighted by molar-refractivity contribution is -0.118. The molecule has 2 aromatic carbocycles. The normalized spacial score (nSPS) is 10.5. The van der Waals surface area contributed by atoms with Crippen molar-refractivity contribution in [3.63, 3.8) is 0 Å². The van der Waals surface area contributed by atoms with Gasteiger partial charge in [-0.2, -0.15) is 0 Å². The summed E-state index contributed by atoms with van der Waals surface area (Å²) in [4.78, 5) is 12.0. The number of benzene rings is 2. The summed E-state index contributed by atoms with van der Waals surface area (Å²) in [7, 11) is 0. The first-order valence-corrected chi connectivity index (χ1v) is 8.25. The topological polar surface area (TPSA) is 47.6 Å². The van der Waals surface area contributed by atoms with Gasteiger partial charge in [-0.25, -0.2) is 0 Å². The maximum absolute atomic E-state index is 12.0. The van der Waals surface area contributed by atoms with E-state index in [0.29, 0.717) is 26.7 Å². The molecule has 0 fully saturated rings. The molecule has 0 heterocycles. The van der Waals surface area contributed by atoms with Gasteiger partial charge in [0.05, 0.1) is 10.6 Å². The molecule has 0 bridgehead atoms. The number of ether oxygens (including phenoxy) is 2. The Hall–Kier alpha value is -1.72. The van der Waals surface area contributed by atoms with Crippen LogP contribution in [0, 0.1) is 0 Å². The van der Waals surface area contributed by atoms with Crippen molar-refractivity contribution >= 4 is 39.1 Å². The molecule has 0 aliphatic heterocycles. The molecule has 0 saturated carbocycles.